The van der Waals surface area contributed by atoms with E-state index in [1.807, 2.05) is 25.1 Å². The van der Waals surface area contributed by atoms with Crippen molar-refractivity contribution in [3.63, 3.8) is 0 Å². The Bertz CT molecular complexity index is 419. The summed E-state index contributed by atoms with van der Waals surface area (Å²) in [5.41, 5.74) is 1.89. The highest BCUT2D eigenvalue weighted by atomic mass is 35.5. The summed E-state index contributed by atoms with van der Waals surface area (Å²) in [6.45, 7) is 2.64. The Morgan fingerprint density at radius 2 is 2.25 bits per heavy atom. The molecule has 1 unspecified atom stereocenters. The third-order valence-corrected chi connectivity index (χ3v) is 3.73. The standard InChI is InChI=1S/C12H13Cl2NO/c1-8-2-3-10(5-11(8)14)15-7-9(6-13)4-12(15)16/h2-3,5,9H,4,6-7H2,1H3. The van der Waals surface area contributed by atoms with Crippen LogP contribution < -0.4 is 4.90 Å². The summed E-state index contributed by atoms with van der Waals surface area (Å²) < 4.78 is 0. The summed E-state index contributed by atoms with van der Waals surface area (Å²) in [4.78, 5) is 13.5. The minimum atomic E-state index is 0.130. The average molecular weight is 258 g/mol. The molecule has 1 aromatic rings. The van der Waals surface area contributed by atoms with Gasteiger partial charge in [-0.3, -0.25) is 4.79 Å². The second-order valence-corrected chi connectivity index (χ2v) is 4.88. The number of amides is 1. The van der Waals surface area contributed by atoms with E-state index in [1.165, 1.54) is 0 Å². The molecule has 0 spiro atoms. The van der Waals surface area contributed by atoms with Gasteiger partial charge >= 0.3 is 0 Å². The number of hydrogen-bond donors (Lipinski definition) is 0. The van der Waals surface area contributed by atoms with Gasteiger partial charge in [-0.05, 0) is 30.5 Å². The second kappa shape index (κ2) is 4.64. The van der Waals surface area contributed by atoms with Crippen LogP contribution in [-0.4, -0.2) is 18.3 Å². The number of benzene rings is 1. The molecule has 0 saturated carbocycles. The number of hydrogen-bond acceptors (Lipinski definition) is 1. The van der Waals surface area contributed by atoms with E-state index in [1.54, 1.807) is 4.90 Å². The maximum Gasteiger partial charge on any atom is 0.227 e. The quantitative estimate of drug-likeness (QED) is 0.746. The van der Waals surface area contributed by atoms with Gasteiger partial charge < -0.3 is 4.90 Å². The van der Waals surface area contributed by atoms with E-state index in [4.69, 9.17) is 23.2 Å². The highest BCUT2D eigenvalue weighted by Gasteiger charge is 2.29. The first-order valence-corrected chi connectivity index (χ1v) is 6.15. The molecule has 1 saturated heterocycles. The Labute approximate surface area is 105 Å². The molecular weight excluding hydrogens is 245 g/mol. The van der Waals surface area contributed by atoms with E-state index in [-0.39, 0.29) is 11.8 Å². The Morgan fingerprint density at radius 3 is 2.81 bits per heavy atom. The van der Waals surface area contributed by atoms with Gasteiger partial charge in [0.05, 0.1) is 0 Å². The van der Waals surface area contributed by atoms with Gasteiger partial charge in [0.25, 0.3) is 0 Å². The SMILES string of the molecule is Cc1ccc(N2CC(CCl)CC2=O)cc1Cl. The molecule has 1 atom stereocenters. The molecule has 0 aromatic heterocycles. The smallest absolute Gasteiger partial charge is 0.227 e. The summed E-state index contributed by atoms with van der Waals surface area (Å²) in [5, 5.41) is 0.694. The van der Waals surface area contributed by atoms with Crippen LogP contribution in [0.2, 0.25) is 5.02 Å². The maximum absolute atomic E-state index is 11.8. The van der Waals surface area contributed by atoms with Gasteiger partial charge in [0.15, 0.2) is 0 Å². The van der Waals surface area contributed by atoms with Crippen LogP contribution in [-0.2, 0) is 4.79 Å². The van der Waals surface area contributed by atoms with Crippen LogP contribution >= 0.6 is 23.2 Å². The predicted molar refractivity (Wildman–Crippen MR) is 67.4 cm³/mol. The lowest BCUT2D eigenvalue weighted by Crippen LogP contribution is -2.24. The Morgan fingerprint density at radius 1 is 1.50 bits per heavy atom. The molecule has 2 nitrogen and oxygen atoms in total. The lowest BCUT2D eigenvalue weighted by Gasteiger charge is -2.17. The van der Waals surface area contributed by atoms with Gasteiger partial charge in [0.2, 0.25) is 5.91 Å². The molecule has 86 valence electrons. The van der Waals surface area contributed by atoms with Crippen molar-refractivity contribution in [2.24, 2.45) is 5.92 Å². The molecule has 0 N–H and O–H groups in total. The van der Waals surface area contributed by atoms with Crippen LogP contribution in [0.25, 0.3) is 0 Å². The Kier molecular flexibility index (Phi) is 3.41. The average Bonchev–Trinajstić information content (AvgIpc) is 2.64. The summed E-state index contributed by atoms with van der Waals surface area (Å²) in [5.74, 6) is 0.918. The lowest BCUT2D eigenvalue weighted by atomic mass is 10.1. The van der Waals surface area contributed by atoms with Crippen molar-refractivity contribution in [2.45, 2.75) is 13.3 Å². The largest absolute Gasteiger partial charge is 0.312 e. The van der Waals surface area contributed by atoms with Crippen LogP contribution in [0.4, 0.5) is 5.69 Å². The van der Waals surface area contributed by atoms with Gasteiger partial charge in [-0.15, -0.1) is 11.6 Å². The number of halogens is 2. The molecule has 0 radical (unpaired) electrons. The van der Waals surface area contributed by atoms with E-state index in [0.717, 1.165) is 11.3 Å². The number of alkyl halides is 1. The molecule has 16 heavy (non-hydrogen) atoms. The molecule has 0 aliphatic carbocycles. The van der Waals surface area contributed by atoms with Crippen molar-refractivity contribution >= 4 is 34.8 Å². The molecule has 1 aliphatic heterocycles. The monoisotopic (exact) mass is 257 g/mol. The molecule has 1 heterocycles. The van der Waals surface area contributed by atoms with Gasteiger partial charge in [0, 0.05) is 29.6 Å². The summed E-state index contributed by atoms with van der Waals surface area (Å²) in [6, 6.07) is 5.69. The molecule has 1 aromatic carbocycles. The van der Waals surface area contributed by atoms with Crippen LogP contribution in [0.15, 0.2) is 18.2 Å². The normalized spacial score (nSPS) is 20.6. The minimum absolute atomic E-state index is 0.130. The zero-order chi connectivity index (χ0) is 11.7. The number of rotatable bonds is 2. The highest BCUT2D eigenvalue weighted by Crippen LogP contribution is 2.28. The highest BCUT2D eigenvalue weighted by molar-refractivity contribution is 6.31. The number of aryl methyl sites for hydroxylation is 1. The zero-order valence-corrected chi connectivity index (χ0v) is 10.6. The van der Waals surface area contributed by atoms with Crippen LogP contribution in [0, 0.1) is 12.8 Å². The summed E-state index contributed by atoms with van der Waals surface area (Å²) >= 11 is 11.8. The molecule has 1 fully saturated rings. The zero-order valence-electron chi connectivity index (χ0n) is 9.04. The van der Waals surface area contributed by atoms with E-state index < -0.39 is 0 Å². The van der Waals surface area contributed by atoms with Crippen LogP contribution in [0.1, 0.15) is 12.0 Å². The molecule has 1 amide bonds. The topological polar surface area (TPSA) is 20.3 Å². The lowest BCUT2D eigenvalue weighted by molar-refractivity contribution is -0.117. The van der Waals surface area contributed by atoms with Crippen molar-refractivity contribution in [3.8, 4) is 0 Å². The predicted octanol–water partition coefficient (Wildman–Crippen LogP) is 3.24. The van der Waals surface area contributed by atoms with Gasteiger partial charge in [-0.2, -0.15) is 0 Å². The van der Waals surface area contributed by atoms with E-state index in [9.17, 15) is 4.79 Å². The third kappa shape index (κ3) is 2.18. The fraction of sp³-hybridized carbons (Fsp3) is 0.417. The van der Waals surface area contributed by atoms with Crippen molar-refractivity contribution in [3.05, 3.63) is 28.8 Å². The van der Waals surface area contributed by atoms with E-state index in [0.29, 0.717) is 23.9 Å². The van der Waals surface area contributed by atoms with Crippen molar-refractivity contribution in [1.29, 1.82) is 0 Å². The minimum Gasteiger partial charge on any atom is -0.312 e. The molecule has 1 aliphatic rings. The maximum atomic E-state index is 11.8. The number of carbonyl (C=O) groups is 1. The summed E-state index contributed by atoms with van der Waals surface area (Å²) in [7, 11) is 0. The first kappa shape index (κ1) is 11.7. The molecule has 4 heteroatoms. The number of carbonyl (C=O) groups excluding carboxylic acids is 1. The number of nitrogens with zero attached hydrogens (tertiary/aromatic N) is 1. The van der Waals surface area contributed by atoms with Gasteiger partial charge in [-0.25, -0.2) is 0 Å². The first-order chi connectivity index (χ1) is 7.61. The fourth-order valence-corrected chi connectivity index (χ4v) is 2.27. The van der Waals surface area contributed by atoms with Gasteiger partial charge in [-0.1, -0.05) is 17.7 Å². The van der Waals surface area contributed by atoms with Gasteiger partial charge in [0.1, 0.15) is 0 Å². The van der Waals surface area contributed by atoms with Crippen LogP contribution in [0.3, 0.4) is 0 Å². The second-order valence-electron chi connectivity index (χ2n) is 4.16. The van der Waals surface area contributed by atoms with E-state index in [2.05, 4.69) is 0 Å². The van der Waals surface area contributed by atoms with Crippen molar-refractivity contribution in [1.82, 2.24) is 0 Å². The Hall–Kier alpha value is -0.730. The van der Waals surface area contributed by atoms with Crippen LogP contribution in [0.5, 0.6) is 0 Å². The van der Waals surface area contributed by atoms with E-state index >= 15 is 0 Å². The fourth-order valence-electron chi connectivity index (χ4n) is 1.88. The van der Waals surface area contributed by atoms with Crippen molar-refractivity contribution in [2.75, 3.05) is 17.3 Å². The molecule has 2 rings (SSSR count). The first-order valence-electron chi connectivity index (χ1n) is 5.24. The Balaban J connectivity index is 2.24. The summed E-state index contributed by atoms with van der Waals surface area (Å²) in [6.07, 6.45) is 0.537. The molecule has 0 bridgehead atoms. The van der Waals surface area contributed by atoms with Crippen molar-refractivity contribution < 1.29 is 4.79 Å². The number of anilines is 1. The third-order valence-electron chi connectivity index (χ3n) is 2.89. The molecular formula is C12H13Cl2NO.